The van der Waals surface area contributed by atoms with Crippen molar-refractivity contribution < 1.29 is 19.1 Å². The van der Waals surface area contributed by atoms with Crippen LogP contribution in [-0.4, -0.2) is 42.0 Å². The van der Waals surface area contributed by atoms with Crippen molar-refractivity contribution in [3.05, 3.63) is 95.7 Å². The van der Waals surface area contributed by atoms with Gasteiger partial charge in [0.25, 0.3) is 5.91 Å². The molecule has 2 heterocycles. The average Bonchev–Trinajstić information content (AvgIpc) is 2.87. The highest BCUT2D eigenvalue weighted by molar-refractivity contribution is 6.06. The van der Waals surface area contributed by atoms with Crippen LogP contribution in [0.1, 0.15) is 21.6 Å². The van der Waals surface area contributed by atoms with Gasteiger partial charge >= 0.3 is 5.97 Å². The summed E-state index contributed by atoms with van der Waals surface area (Å²) in [5.74, 6) is 0.333. The van der Waals surface area contributed by atoms with Gasteiger partial charge in [0.2, 0.25) is 0 Å². The molecule has 7 nitrogen and oxygen atoms in total. The number of benzene rings is 3. The number of anilines is 1. The number of amides is 1. The quantitative estimate of drug-likeness (QED) is 0.410. The second-order valence-corrected chi connectivity index (χ2v) is 8.48. The maximum absolute atomic E-state index is 13.2. The first kappa shape index (κ1) is 22.6. The van der Waals surface area contributed by atoms with Gasteiger partial charge in [-0.15, -0.1) is 0 Å². The van der Waals surface area contributed by atoms with Crippen LogP contribution in [0.15, 0.2) is 78.9 Å². The largest absolute Gasteiger partial charge is 0.457 e. The lowest BCUT2D eigenvalue weighted by atomic mass is 9.96. The molecule has 0 bridgehead atoms. The van der Waals surface area contributed by atoms with E-state index in [2.05, 4.69) is 10.2 Å². The highest BCUT2D eigenvalue weighted by Gasteiger charge is 2.25. The zero-order valence-electron chi connectivity index (χ0n) is 19.4. The van der Waals surface area contributed by atoms with Crippen LogP contribution in [0.3, 0.4) is 0 Å². The van der Waals surface area contributed by atoms with E-state index in [0.29, 0.717) is 29.3 Å². The molecule has 1 aliphatic rings. The second kappa shape index (κ2) is 9.95. The van der Waals surface area contributed by atoms with Gasteiger partial charge in [-0.25, -0.2) is 4.79 Å². The number of rotatable bonds is 6. The fraction of sp³-hybridized carbons (Fsp3) is 0.179. The molecule has 4 aromatic rings. The smallest absolute Gasteiger partial charge is 0.339 e. The second-order valence-electron chi connectivity index (χ2n) is 8.48. The van der Waals surface area contributed by atoms with E-state index in [0.717, 1.165) is 35.1 Å². The van der Waals surface area contributed by atoms with Crippen LogP contribution in [0.25, 0.3) is 10.9 Å². The number of carbonyl (C=O) groups excluding carboxylic acids is 2. The Kier molecular flexibility index (Phi) is 6.41. The molecule has 0 unspecified atom stereocenters. The number of hydrogen-bond donors (Lipinski definition) is 1. The van der Waals surface area contributed by atoms with Gasteiger partial charge in [-0.3, -0.25) is 9.78 Å². The Morgan fingerprint density at radius 1 is 0.971 bits per heavy atom. The maximum atomic E-state index is 13.2. The van der Waals surface area contributed by atoms with Crippen LogP contribution in [0.2, 0.25) is 0 Å². The number of esters is 1. The van der Waals surface area contributed by atoms with Crippen molar-refractivity contribution in [2.75, 3.05) is 25.5 Å². The number of ether oxygens (including phenoxy) is 2. The lowest BCUT2D eigenvalue weighted by molar-refractivity contribution is -0.119. The van der Waals surface area contributed by atoms with Gasteiger partial charge in [0, 0.05) is 47.9 Å². The van der Waals surface area contributed by atoms with E-state index in [1.54, 1.807) is 24.3 Å². The summed E-state index contributed by atoms with van der Waals surface area (Å²) in [5, 5.41) is 3.50. The number of likely N-dealkylation sites (N-methyl/N-ethyl adjacent to an activating group) is 1. The molecule has 1 amide bonds. The van der Waals surface area contributed by atoms with Gasteiger partial charge in [-0.05, 0) is 37.4 Å². The topological polar surface area (TPSA) is 80.8 Å². The van der Waals surface area contributed by atoms with Gasteiger partial charge in [0.1, 0.15) is 11.5 Å². The third kappa shape index (κ3) is 5.15. The van der Waals surface area contributed by atoms with Crippen LogP contribution in [-0.2, 0) is 22.5 Å². The number of fused-ring (bicyclic) bond motifs is 2. The van der Waals surface area contributed by atoms with E-state index in [1.165, 1.54) is 0 Å². The number of para-hydroxylation sites is 2. The molecule has 0 atom stereocenters. The van der Waals surface area contributed by atoms with E-state index in [-0.39, 0.29) is 0 Å². The molecule has 0 aliphatic carbocycles. The van der Waals surface area contributed by atoms with E-state index < -0.39 is 18.5 Å². The summed E-state index contributed by atoms with van der Waals surface area (Å²) in [6.45, 7) is 1.09. The summed E-state index contributed by atoms with van der Waals surface area (Å²) in [4.78, 5) is 32.7. The zero-order chi connectivity index (χ0) is 24.2. The first-order valence-corrected chi connectivity index (χ1v) is 11.5. The van der Waals surface area contributed by atoms with Crippen molar-refractivity contribution in [3.63, 3.8) is 0 Å². The van der Waals surface area contributed by atoms with Gasteiger partial charge < -0.3 is 19.7 Å². The fourth-order valence-electron chi connectivity index (χ4n) is 4.22. The molecule has 3 aromatic carbocycles. The van der Waals surface area contributed by atoms with Gasteiger partial charge in [0.15, 0.2) is 6.61 Å². The molecule has 0 saturated heterocycles. The van der Waals surface area contributed by atoms with Crippen molar-refractivity contribution in [2.45, 2.75) is 13.0 Å². The summed E-state index contributed by atoms with van der Waals surface area (Å²) in [6.07, 6.45) is 0.763. The Labute approximate surface area is 203 Å². The predicted octanol–water partition coefficient (Wildman–Crippen LogP) is 4.81. The van der Waals surface area contributed by atoms with Gasteiger partial charge in [0.05, 0.1) is 11.1 Å². The lowest BCUT2D eigenvalue weighted by Crippen LogP contribution is -2.30. The van der Waals surface area contributed by atoms with Crippen molar-refractivity contribution in [3.8, 4) is 11.5 Å². The molecule has 7 heteroatoms. The Hall–Kier alpha value is -4.23. The molecule has 0 radical (unpaired) electrons. The lowest BCUT2D eigenvalue weighted by Gasteiger charge is -2.26. The minimum atomic E-state index is -0.522. The Morgan fingerprint density at radius 2 is 1.74 bits per heavy atom. The van der Waals surface area contributed by atoms with Crippen LogP contribution >= 0.6 is 0 Å². The molecule has 0 spiro atoms. The molecule has 1 N–H and O–H groups in total. The van der Waals surface area contributed by atoms with E-state index in [9.17, 15) is 9.59 Å². The van der Waals surface area contributed by atoms with Crippen molar-refractivity contribution in [2.24, 2.45) is 0 Å². The Balaban J connectivity index is 1.29. The molecular formula is C28H25N3O4. The molecule has 35 heavy (non-hydrogen) atoms. The summed E-state index contributed by atoms with van der Waals surface area (Å²) in [5.41, 5.74) is 3.57. The highest BCUT2D eigenvalue weighted by Crippen LogP contribution is 2.28. The van der Waals surface area contributed by atoms with Crippen molar-refractivity contribution in [1.82, 2.24) is 9.88 Å². The first-order valence-electron chi connectivity index (χ1n) is 11.5. The van der Waals surface area contributed by atoms with E-state index in [1.807, 2.05) is 61.6 Å². The Bertz CT molecular complexity index is 1390. The van der Waals surface area contributed by atoms with Crippen LogP contribution in [0.4, 0.5) is 5.69 Å². The minimum Gasteiger partial charge on any atom is -0.457 e. The van der Waals surface area contributed by atoms with Gasteiger partial charge in [-0.1, -0.05) is 42.5 Å². The van der Waals surface area contributed by atoms with Crippen LogP contribution in [0, 0.1) is 0 Å². The molecule has 1 aromatic heterocycles. The summed E-state index contributed by atoms with van der Waals surface area (Å²) < 4.78 is 11.3. The molecule has 0 fully saturated rings. The standard InChI is InChI=1S/C28H25N3O4/c1-31-15-14-25-23(17-31)27(22-12-5-6-13-24(22)30-25)28(33)34-18-26(32)29-19-8-7-11-21(16-19)35-20-9-3-2-4-10-20/h2-13,16H,14-15,17-18H2,1H3,(H,29,32). The molecular weight excluding hydrogens is 442 g/mol. The third-order valence-corrected chi connectivity index (χ3v) is 5.87. The first-order chi connectivity index (χ1) is 17.1. The fourth-order valence-corrected chi connectivity index (χ4v) is 4.22. The van der Waals surface area contributed by atoms with Crippen LogP contribution in [0.5, 0.6) is 11.5 Å². The SMILES string of the molecule is CN1CCc2nc3ccccc3c(C(=O)OCC(=O)Nc3cccc(Oc4ccccc4)c3)c2C1. The van der Waals surface area contributed by atoms with E-state index >= 15 is 0 Å². The molecule has 1 aliphatic heterocycles. The maximum Gasteiger partial charge on any atom is 0.339 e. The highest BCUT2D eigenvalue weighted by atomic mass is 16.5. The number of pyridine rings is 1. The van der Waals surface area contributed by atoms with Crippen molar-refractivity contribution in [1.29, 1.82) is 0 Å². The summed E-state index contributed by atoms with van der Waals surface area (Å²) >= 11 is 0. The molecule has 176 valence electrons. The number of aromatic nitrogens is 1. The van der Waals surface area contributed by atoms with Crippen molar-refractivity contribution >= 4 is 28.5 Å². The number of nitrogens with one attached hydrogen (secondary N) is 1. The number of carbonyl (C=O) groups is 2. The predicted molar refractivity (Wildman–Crippen MR) is 134 cm³/mol. The van der Waals surface area contributed by atoms with Gasteiger partial charge in [-0.2, -0.15) is 0 Å². The Morgan fingerprint density at radius 3 is 2.60 bits per heavy atom. The number of nitrogens with zero attached hydrogens (tertiary/aromatic N) is 2. The number of hydrogen-bond acceptors (Lipinski definition) is 6. The monoisotopic (exact) mass is 467 g/mol. The minimum absolute atomic E-state index is 0.399. The zero-order valence-corrected chi connectivity index (χ0v) is 19.4. The van der Waals surface area contributed by atoms with Crippen LogP contribution < -0.4 is 10.1 Å². The molecule has 5 rings (SSSR count). The molecule has 0 saturated carbocycles. The average molecular weight is 468 g/mol. The summed E-state index contributed by atoms with van der Waals surface area (Å²) in [7, 11) is 2.01. The van der Waals surface area contributed by atoms with E-state index in [4.69, 9.17) is 14.5 Å². The third-order valence-electron chi connectivity index (χ3n) is 5.87. The normalized spacial score (nSPS) is 13.2. The summed E-state index contributed by atoms with van der Waals surface area (Å²) in [6, 6.07) is 24.0.